The van der Waals surface area contributed by atoms with Gasteiger partial charge >= 0.3 is 0 Å². The molecule has 9 heteroatoms. The number of amides is 1. The van der Waals surface area contributed by atoms with Crippen LogP contribution in [0.4, 0.5) is 11.4 Å². The van der Waals surface area contributed by atoms with Gasteiger partial charge in [-0.1, -0.05) is 18.2 Å². The van der Waals surface area contributed by atoms with Crippen LogP contribution in [0.25, 0.3) is 0 Å². The first-order valence-electron chi connectivity index (χ1n) is 11.1. The highest BCUT2D eigenvalue weighted by molar-refractivity contribution is 7.92. The Morgan fingerprint density at radius 2 is 1.63 bits per heavy atom. The highest BCUT2D eigenvalue weighted by Gasteiger charge is 2.35. The Morgan fingerprint density at radius 3 is 2.29 bits per heavy atom. The molecule has 0 aromatic heterocycles. The minimum Gasteiger partial charge on any atom is -0.497 e. The average Bonchev–Trinajstić information content (AvgIpc) is 3.22. The molecule has 1 atom stereocenters. The number of sulfonamides is 1. The van der Waals surface area contributed by atoms with Gasteiger partial charge in [0, 0.05) is 17.8 Å². The molecule has 0 saturated heterocycles. The molecule has 3 aromatic rings. The standard InChI is InChI=1S/C26H28N2O6S/c1-18-15-19-7-5-6-8-23(19)28(18)26(29)17-27(20-9-11-21(32-2)12-10-20)35(30,31)22-13-14-24(33-3)25(16-22)34-4/h5-14,16,18H,15,17H2,1-4H3. The molecular weight excluding hydrogens is 468 g/mol. The molecule has 0 N–H and O–H groups in total. The molecule has 4 rings (SSSR count). The van der Waals surface area contributed by atoms with Crippen LogP contribution in [-0.2, 0) is 21.2 Å². The lowest BCUT2D eigenvalue weighted by Crippen LogP contribution is -2.45. The van der Waals surface area contributed by atoms with Crippen LogP contribution in [-0.4, -0.2) is 48.2 Å². The molecule has 0 aliphatic carbocycles. The van der Waals surface area contributed by atoms with E-state index in [0.29, 0.717) is 23.6 Å². The van der Waals surface area contributed by atoms with Crippen molar-refractivity contribution >= 4 is 27.3 Å². The topological polar surface area (TPSA) is 85.4 Å². The van der Waals surface area contributed by atoms with Gasteiger partial charge in [-0.3, -0.25) is 9.10 Å². The highest BCUT2D eigenvalue weighted by atomic mass is 32.2. The van der Waals surface area contributed by atoms with Gasteiger partial charge in [0.1, 0.15) is 12.3 Å². The van der Waals surface area contributed by atoms with Gasteiger partial charge < -0.3 is 19.1 Å². The fourth-order valence-corrected chi connectivity index (χ4v) is 5.74. The van der Waals surface area contributed by atoms with E-state index < -0.39 is 10.0 Å². The van der Waals surface area contributed by atoms with Crippen LogP contribution in [0.2, 0.25) is 0 Å². The molecular formula is C26H28N2O6S. The number of methoxy groups -OCH3 is 3. The van der Waals surface area contributed by atoms with E-state index in [0.717, 1.165) is 15.6 Å². The summed E-state index contributed by atoms with van der Waals surface area (Å²) in [6, 6.07) is 18.5. The molecule has 8 nitrogen and oxygen atoms in total. The summed E-state index contributed by atoms with van der Waals surface area (Å²) in [5.74, 6) is 0.936. The van der Waals surface area contributed by atoms with Gasteiger partial charge in [0.2, 0.25) is 5.91 Å². The van der Waals surface area contributed by atoms with Crippen LogP contribution in [0.3, 0.4) is 0 Å². The van der Waals surface area contributed by atoms with Crippen molar-refractivity contribution in [2.45, 2.75) is 24.3 Å². The second-order valence-electron chi connectivity index (χ2n) is 8.17. The second kappa shape index (κ2) is 9.87. The van der Waals surface area contributed by atoms with Crippen molar-refractivity contribution in [1.82, 2.24) is 0 Å². The Labute approximate surface area is 205 Å². The Bertz CT molecular complexity index is 1320. The molecule has 1 aliphatic rings. The zero-order valence-electron chi connectivity index (χ0n) is 20.1. The molecule has 0 radical (unpaired) electrons. The third kappa shape index (κ3) is 4.64. The number of hydrogen-bond acceptors (Lipinski definition) is 6. The van der Waals surface area contributed by atoms with Gasteiger partial charge in [-0.2, -0.15) is 0 Å². The van der Waals surface area contributed by atoms with E-state index in [1.807, 2.05) is 31.2 Å². The van der Waals surface area contributed by atoms with Crippen molar-refractivity contribution in [3.63, 3.8) is 0 Å². The quantitative estimate of drug-likeness (QED) is 0.471. The summed E-state index contributed by atoms with van der Waals surface area (Å²) < 4.78 is 44.6. The van der Waals surface area contributed by atoms with E-state index in [9.17, 15) is 13.2 Å². The van der Waals surface area contributed by atoms with Gasteiger partial charge in [0.25, 0.3) is 10.0 Å². The maximum atomic E-state index is 13.9. The number of anilines is 2. The van der Waals surface area contributed by atoms with Gasteiger partial charge in [-0.25, -0.2) is 8.42 Å². The van der Waals surface area contributed by atoms with Crippen LogP contribution in [0.15, 0.2) is 71.6 Å². The molecule has 3 aromatic carbocycles. The first kappa shape index (κ1) is 24.4. The summed E-state index contributed by atoms with van der Waals surface area (Å²) in [4.78, 5) is 15.2. The number of fused-ring (bicyclic) bond motifs is 1. The monoisotopic (exact) mass is 496 g/mol. The van der Waals surface area contributed by atoms with Crippen molar-refractivity contribution in [3.8, 4) is 17.2 Å². The molecule has 0 saturated carbocycles. The third-order valence-electron chi connectivity index (χ3n) is 6.06. The lowest BCUT2D eigenvalue weighted by Gasteiger charge is -2.29. The Hall–Kier alpha value is -3.72. The van der Waals surface area contributed by atoms with Crippen molar-refractivity contribution in [2.75, 3.05) is 37.1 Å². The zero-order chi connectivity index (χ0) is 25.2. The minimum absolute atomic E-state index is 0.0198. The van der Waals surface area contributed by atoms with Crippen LogP contribution in [0.5, 0.6) is 17.2 Å². The van der Waals surface area contributed by atoms with E-state index >= 15 is 0 Å². The molecule has 1 amide bonds. The summed E-state index contributed by atoms with van der Waals surface area (Å²) in [5, 5.41) is 0. The average molecular weight is 497 g/mol. The van der Waals surface area contributed by atoms with E-state index in [-0.39, 0.29) is 29.1 Å². The Balaban J connectivity index is 1.75. The summed E-state index contributed by atoms with van der Waals surface area (Å²) in [6.07, 6.45) is 0.715. The number of benzene rings is 3. The summed E-state index contributed by atoms with van der Waals surface area (Å²) >= 11 is 0. The number of rotatable bonds is 8. The molecule has 0 bridgehead atoms. The number of ether oxygens (including phenoxy) is 3. The van der Waals surface area contributed by atoms with E-state index in [2.05, 4.69) is 0 Å². The van der Waals surface area contributed by atoms with Gasteiger partial charge in [-0.05, 0) is 61.4 Å². The third-order valence-corrected chi connectivity index (χ3v) is 7.83. The molecule has 1 aliphatic heterocycles. The lowest BCUT2D eigenvalue weighted by atomic mass is 10.1. The number of para-hydroxylation sites is 1. The van der Waals surface area contributed by atoms with Crippen LogP contribution < -0.4 is 23.4 Å². The largest absolute Gasteiger partial charge is 0.497 e. The molecule has 184 valence electrons. The smallest absolute Gasteiger partial charge is 0.264 e. The Morgan fingerprint density at radius 1 is 0.943 bits per heavy atom. The zero-order valence-corrected chi connectivity index (χ0v) is 20.9. The molecule has 1 unspecified atom stereocenters. The molecule has 0 fully saturated rings. The number of hydrogen-bond donors (Lipinski definition) is 0. The summed E-state index contributed by atoms with van der Waals surface area (Å²) in [7, 11) is 0.301. The van der Waals surface area contributed by atoms with Gasteiger partial charge in [0.05, 0.1) is 31.9 Å². The van der Waals surface area contributed by atoms with E-state index in [1.165, 1.54) is 39.5 Å². The maximum Gasteiger partial charge on any atom is 0.264 e. The fraction of sp³-hybridized carbons (Fsp3) is 0.269. The maximum absolute atomic E-state index is 13.9. The molecule has 1 heterocycles. The predicted molar refractivity (Wildman–Crippen MR) is 134 cm³/mol. The minimum atomic E-state index is -4.14. The number of carbonyl (C=O) groups is 1. The predicted octanol–water partition coefficient (Wildman–Crippen LogP) is 3.89. The fourth-order valence-electron chi connectivity index (χ4n) is 4.31. The van der Waals surface area contributed by atoms with E-state index in [1.54, 1.807) is 29.2 Å². The summed E-state index contributed by atoms with van der Waals surface area (Å²) in [6.45, 7) is 1.58. The second-order valence-corrected chi connectivity index (χ2v) is 10.0. The molecule has 0 spiro atoms. The van der Waals surface area contributed by atoms with Crippen LogP contribution in [0.1, 0.15) is 12.5 Å². The number of nitrogens with zero attached hydrogens (tertiary/aromatic N) is 2. The first-order valence-corrected chi connectivity index (χ1v) is 12.5. The normalized spacial score (nSPS) is 14.9. The lowest BCUT2D eigenvalue weighted by molar-refractivity contribution is -0.117. The van der Waals surface area contributed by atoms with Crippen LogP contribution in [0, 0.1) is 0 Å². The van der Waals surface area contributed by atoms with Crippen molar-refractivity contribution in [2.24, 2.45) is 0 Å². The molecule has 35 heavy (non-hydrogen) atoms. The Kier molecular flexibility index (Phi) is 6.88. The van der Waals surface area contributed by atoms with Gasteiger partial charge in [0.15, 0.2) is 11.5 Å². The van der Waals surface area contributed by atoms with Crippen molar-refractivity contribution in [1.29, 1.82) is 0 Å². The van der Waals surface area contributed by atoms with E-state index in [4.69, 9.17) is 14.2 Å². The number of carbonyl (C=O) groups excluding carboxylic acids is 1. The van der Waals surface area contributed by atoms with Crippen molar-refractivity contribution < 1.29 is 27.4 Å². The van der Waals surface area contributed by atoms with Crippen molar-refractivity contribution in [3.05, 3.63) is 72.3 Å². The van der Waals surface area contributed by atoms with Crippen LogP contribution >= 0.6 is 0 Å². The SMILES string of the molecule is COc1ccc(N(CC(=O)N2c3ccccc3CC2C)S(=O)(=O)c2ccc(OC)c(OC)c2)cc1. The first-order chi connectivity index (χ1) is 16.8. The van der Waals surface area contributed by atoms with Gasteiger partial charge in [-0.15, -0.1) is 0 Å². The highest BCUT2D eigenvalue weighted by Crippen LogP contribution is 2.35. The summed E-state index contributed by atoms with van der Waals surface area (Å²) in [5.41, 5.74) is 2.21.